The lowest BCUT2D eigenvalue weighted by Gasteiger charge is -2.14. The fraction of sp³-hybridized carbons (Fsp3) is 0.294. The zero-order valence-corrected chi connectivity index (χ0v) is 13.4. The summed E-state index contributed by atoms with van der Waals surface area (Å²) in [5, 5.41) is 7.69. The van der Waals surface area contributed by atoms with E-state index in [0.717, 1.165) is 10.4 Å². The summed E-state index contributed by atoms with van der Waals surface area (Å²) in [6.45, 7) is 2.46. The van der Waals surface area contributed by atoms with Crippen LogP contribution in [0.2, 0.25) is 0 Å². The molecule has 1 heterocycles. The van der Waals surface area contributed by atoms with Crippen LogP contribution >= 0.6 is 11.3 Å². The largest absolute Gasteiger partial charge is 0.351 e. The molecule has 0 spiro atoms. The van der Waals surface area contributed by atoms with Crippen molar-refractivity contribution in [2.45, 2.75) is 32.4 Å². The first-order valence-corrected chi connectivity index (χ1v) is 8.16. The van der Waals surface area contributed by atoms with E-state index < -0.39 is 0 Å². The van der Waals surface area contributed by atoms with E-state index >= 15 is 0 Å². The Morgan fingerprint density at radius 1 is 1.05 bits per heavy atom. The zero-order chi connectivity index (χ0) is 15.8. The van der Waals surface area contributed by atoms with Gasteiger partial charge in [-0.2, -0.15) is 0 Å². The lowest BCUT2D eigenvalue weighted by atomic mass is 10.1. The van der Waals surface area contributed by atoms with E-state index in [1.165, 1.54) is 0 Å². The first-order chi connectivity index (χ1) is 10.6. The highest BCUT2D eigenvalue weighted by Crippen LogP contribution is 2.11. The molecule has 22 heavy (non-hydrogen) atoms. The van der Waals surface area contributed by atoms with Crippen molar-refractivity contribution < 1.29 is 9.59 Å². The van der Waals surface area contributed by atoms with E-state index in [1.807, 2.05) is 54.8 Å². The van der Waals surface area contributed by atoms with Crippen LogP contribution in [0.5, 0.6) is 0 Å². The fourth-order valence-electron chi connectivity index (χ4n) is 2.05. The minimum atomic E-state index is -0.109. The smallest absolute Gasteiger partial charge is 0.220 e. The monoisotopic (exact) mass is 316 g/mol. The van der Waals surface area contributed by atoms with Crippen LogP contribution in [0.3, 0.4) is 0 Å². The Labute approximate surface area is 134 Å². The molecular weight excluding hydrogens is 296 g/mol. The van der Waals surface area contributed by atoms with E-state index in [9.17, 15) is 9.59 Å². The third kappa shape index (κ3) is 5.33. The van der Waals surface area contributed by atoms with Crippen LogP contribution in [0, 0.1) is 0 Å². The first-order valence-electron chi connectivity index (χ1n) is 7.28. The van der Waals surface area contributed by atoms with Crippen LogP contribution in [-0.2, 0) is 16.1 Å². The zero-order valence-electron chi connectivity index (χ0n) is 12.5. The number of carbonyl (C=O) groups excluding carboxylic acids is 2. The van der Waals surface area contributed by atoms with Gasteiger partial charge in [0.1, 0.15) is 0 Å². The van der Waals surface area contributed by atoms with Crippen LogP contribution in [0.4, 0.5) is 0 Å². The molecule has 0 saturated heterocycles. The molecule has 0 radical (unpaired) electrons. The number of nitrogens with one attached hydrogen (secondary N) is 2. The van der Waals surface area contributed by atoms with Gasteiger partial charge in [-0.15, -0.1) is 11.3 Å². The summed E-state index contributed by atoms with van der Waals surface area (Å²) < 4.78 is 0. The predicted molar refractivity (Wildman–Crippen MR) is 88.4 cm³/mol. The lowest BCUT2D eigenvalue weighted by Crippen LogP contribution is -2.29. The van der Waals surface area contributed by atoms with Gasteiger partial charge in [-0.1, -0.05) is 36.4 Å². The van der Waals surface area contributed by atoms with Gasteiger partial charge >= 0.3 is 0 Å². The molecule has 2 N–H and O–H groups in total. The van der Waals surface area contributed by atoms with Crippen LogP contribution in [0.15, 0.2) is 47.8 Å². The summed E-state index contributed by atoms with van der Waals surface area (Å²) in [6.07, 6.45) is 0.409. The second-order valence-electron chi connectivity index (χ2n) is 5.06. The molecule has 0 saturated carbocycles. The highest BCUT2D eigenvalue weighted by molar-refractivity contribution is 7.09. The molecule has 116 valence electrons. The summed E-state index contributed by atoms with van der Waals surface area (Å²) in [5.41, 5.74) is 1.05. The standard InChI is InChI=1S/C17H20N2O2S/c1-13(14-6-3-2-4-7-14)19-17(21)10-9-16(20)18-12-15-8-5-11-22-15/h2-8,11,13H,9-10,12H2,1H3,(H,18,20)(H,19,21)/t13-/m0/s1. The Kier molecular flexibility index (Phi) is 6.15. The maximum absolute atomic E-state index is 11.9. The number of amides is 2. The number of carbonyl (C=O) groups is 2. The van der Waals surface area contributed by atoms with Crippen LogP contribution in [0.1, 0.15) is 36.2 Å². The van der Waals surface area contributed by atoms with Crippen molar-refractivity contribution in [2.24, 2.45) is 0 Å². The first kappa shape index (κ1) is 16.2. The number of thiophene rings is 1. The van der Waals surface area contributed by atoms with Crippen molar-refractivity contribution in [1.29, 1.82) is 0 Å². The van der Waals surface area contributed by atoms with Crippen molar-refractivity contribution in [3.05, 3.63) is 58.3 Å². The molecule has 2 aromatic rings. The van der Waals surface area contributed by atoms with E-state index in [4.69, 9.17) is 0 Å². The van der Waals surface area contributed by atoms with Gasteiger partial charge < -0.3 is 10.6 Å². The Balaban J connectivity index is 1.67. The normalized spacial score (nSPS) is 11.7. The number of hydrogen-bond donors (Lipinski definition) is 2. The van der Waals surface area contributed by atoms with Gasteiger partial charge in [0.15, 0.2) is 0 Å². The average Bonchev–Trinajstić information content (AvgIpc) is 3.05. The van der Waals surface area contributed by atoms with Crippen molar-refractivity contribution in [2.75, 3.05) is 0 Å². The molecule has 0 aliphatic rings. The van der Waals surface area contributed by atoms with Gasteiger partial charge in [0, 0.05) is 17.7 Å². The topological polar surface area (TPSA) is 58.2 Å². The molecule has 1 atom stereocenters. The molecule has 2 rings (SSSR count). The molecule has 5 heteroatoms. The molecule has 0 unspecified atom stereocenters. The molecule has 1 aromatic heterocycles. The van der Waals surface area contributed by atoms with Crippen LogP contribution in [0.25, 0.3) is 0 Å². The van der Waals surface area contributed by atoms with Crippen molar-refractivity contribution in [1.82, 2.24) is 10.6 Å². The third-order valence-corrected chi connectivity index (χ3v) is 4.17. The SMILES string of the molecule is C[C@H](NC(=O)CCC(=O)NCc1cccs1)c1ccccc1. The number of hydrogen-bond acceptors (Lipinski definition) is 3. The Morgan fingerprint density at radius 2 is 1.77 bits per heavy atom. The van der Waals surface area contributed by atoms with Crippen molar-refractivity contribution >= 4 is 23.2 Å². The van der Waals surface area contributed by atoms with Crippen molar-refractivity contribution in [3.8, 4) is 0 Å². The quantitative estimate of drug-likeness (QED) is 0.825. The lowest BCUT2D eigenvalue weighted by molar-refractivity contribution is -0.126. The summed E-state index contributed by atoms with van der Waals surface area (Å²) >= 11 is 1.60. The van der Waals surface area contributed by atoms with Gasteiger partial charge in [0.05, 0.1) is 12.6 Å². The van der Waals surface area contributed by atoms with Gasteiger partial charge in [-0.3, -0.25) is 9.59 Å². The summed E-state index contributed by atoms with van der Waals surface area (Å²) in [4.78, 5) is 24.7. The highest BCUT2D eigenvalue weighted by Gasteiger charge is 2.11. The Morgan fingerprint density at radius 3 is 2.45 bits per heavy atom. The molecule has 0 fully saturated rings. The minimum absolute atomic E-state index is 0.0529. The average molecular weight is 316 g/mol. The second kappa shape index (κ2) is 8.34. The van der Waals surface area contributed by atoms with E-state index in [-0.39, 0.29) is 30.7 Å². The molecule has 1 aromatic carbocycles. The van der Waals surface area contributed by atoms with Gasteiger partial charge in [-0.25, -0.2) is 0 Å². The maximum Gasteiger partial charge on any atom is 0.220 e. The summed E-state index contributed by atoms with van der Waals surface area (Å²) in [5.74, 6) is -0.210. The molecule has 0 aliphatic carbocycles. The third-order valence-electron chi connectivity index (χ3n) is 3.30. The van der Waals surface area contributed by atoms with Gasteiger partial charge in [-0.05, 0) is 23.9 Å². The summed E-state index contributed by atoms with van der Waals surface area (Å²) in [6, 6.07) is 13.6. The predicted octanol–water partition coefficient (Wildman–Crippen LogP) is 3.02. The molecular formula is C17H20N2O2S. The fourth-order valence-corrected chi connectivity index (χ4v) is 2.70. The van der Waals surface area contributed by atoms with E-state index in [1.54, 1.807) is 11.3 Å². The molecule has 0 bridgehead atoms. The van der Waals surface area contributed by atoms with E-state index in [0.29, 0.717) is 6.54 Å². The molecule has 4 nitrogen and oxygen atoms in total. The summed E-state index contributed by atoms with van der Waals surface area (Å²) in [7, 11) is 0. The minimum Gasteiger partial charge on any atom is -0.351 e. The van der Waals surface area contributed by atoms with Gasteiger partial charge in [0.25, 0.3) is 0 Å². The second-order valence-corrected chi connectivity index (χ2v) is 6.09. The van der Waals surface area contributed by atoms with Gasteiger partial charge in [0.2, 0.25) is 11.8 Å². The molecule has 0 aliphatic heterocycles. The van der Waals surface area contributed by atoms with E-state index in [2.05, 4.69) is 10.6 Å². The van der Waals surface area contributed by atoms with Crippen LogP contribution in [-0.4, -0.2) is 11.8 Å². The highest BCUT2D eigenvalue weighted by atomic mass is 32.1. The van der Waals surface area contributed by atoms with Crippen LogP contribution < -0.4 is 10.6 Å². The number of rotatable bonds is 7. The van der Waals surface area contributed by atoms with Crippen molar-refractivity contribution in [3.63, 3.8) is 0 Å². The number of benzene rings is 1. The Bertz CT molecular complexity index is 596. The Hall–Kier alpha value is -2.14. The maximum atomic E-state index is 11.9. The molecule has 2 amide bonds.